The third-order valence-electron chi connectivity index (χ3n) is 4.75. The maximum absolute atomic E-state index is 13.0. The van der Waals surface area contributed by atoms with Gasteiger partial charge in [0.25, 0.3) is 5.91 Å². The molecule has 0 spiro atoms. The molecule has 7 heteroatoms. The Morgan fingerprint density at radius 3 is 2.52 bits per heavy atom. The summed E-state index contributed by atoms with van der Waals surface area (Å²) in [5, 5.41) is 1.09. The molecule has 1 fully saturated rings. The molecule has 0 aromatic heterocycles. The van der Waals surface area contributed by atoms with Gasteiger partial charge in [0.05, 0.1) is 16.6 Å². The monoisotopic (exact) mass is 468 g/mol. The summed E-state index contributed by atoms with van der Waals surface area (Å²) in [6.07, 6.45) is 1.54. The number of hydrogen-bond acceptors (Lipinski definition) is 2. The Hall–Kier alpha value is -1.56. The van der Waals surface area contributed by atoms with E-state index in [1.165, 1.54) is 0 Å². The number of carbonyl (C=O) groups excluding carboxylic acids is 2. The minimum absolute atomic E-state index is 0.0344. The van der Waals surface area contributed by atoms with Gasteiger partial charge in [-0.3, -0.25) is 9.59 Å². The van der Waals surface area contributed by atoms with E-state index in [9.17, 15) is 9.59 Å². The summed E-state index contributed by atoms with van der Waals surface area (Å²) in [5.74, 6) is -0.360. The number of amides is 2. The van der Waals surface area contributed by atoms with Crippen molar-refractivity contribution in [3.05, 3.63) is 62.5 Å². The summed E-state index contributed by atoms with van der Waals surface area (Å²) >= 11 is 15.5. The van der Waals surface area contributed by atoms with E-state index in [1.807, 2.05) is 12.1 Å². The van der Waals surface area contributed by atoms with Crippen LogP contribution in [0.4, 0.5) is 5.69 Å². The first-order chi connectivity index (χ1) is 12.9. The molecule has 1 aliphatic heterocycles. The molecule has 27 heavy (non-hydrogen) atoms. The topological polar surface area (TPSA) is 40.6 Å². The number of nitrogens with zero attached hydrogens (tertiary/aromatic N) is 2. The van der Waals surface area contributed by atoms with Crippen LogP contribution >= 0.6 is 39.1 Å². The van der Waals surface area contributed by atoms with Crippen LogP contribution in [0.25, 0.3) is 0 Å². The third-order valence-corrected chi connectivity index (χ3v) is 5.80. The molecule has 0 radical (unpaired) electrons. The molecule has 4 nitrogen and oxygen atoms in total. The Bertz CT molecular complexity index is 858. The second kappa shape index (κ2) is 8.63. The van der Waals surface area contributed by atoms with Crippen molar-refractivity contribution < 1.29 is 9.59 Å². The van der Waals surface area contributed by atoms with Crippen LogP contribution in [0.3, 0.4) is 0 Å². The second-order valence-corrected chi connectivity index (χ2v) is 8.35. The minimum Gasteiger partial charge on any atom is -0.338 e. The smallest absolute Gasteiger partial charge is 0.253 e. The number of benzene rings is 2. The van der Waals surface area contributed by atoms with Gasteiger partial charge >= 0.3 is 0 Å². The van der Waals surface area contributed by atoms with E-state index in [-0.39, 0.29) is 17.7 Å². The van der Waals surface area contributed by atoms with Crippen LogP contribution in [-0.2, 0) is 4.79 Å². The first-order valence-electron chi connectivity index (χ1n) is 8.64. The molecule has 2 amide bonds. The van der Waals surface area contributed by atoms with E-state index in [1.54, 1.807) is 47.2 Å². The van der Waals surface area contributed by atoms with E-state index >= 15 is 0 Å². The van der Waals surface area contributed by atoms with Crippen molar-refractivity contribution in [2.24, 2.45) is 5.92 Å². The summed E-state index contributed by atoms with van der Waals surface area (Å²) in [7, 11) is 1.72. The van der Waals surface area contributed by atoms with Crippen molar-refractivity contribution >= 4 is 56.6 Å². The highest BCUT2D eigenvalue weighted by molar-refractivity contribution is 9.10. The average molecular weight is 470 g/mol. The fourth-order valence-corrected chi connectivity index (χ4v) is 4.21. The molecule has 1 aliphatic rings. The lowest BCUT2D eigenvalue weighted by atomic mass is 9.95. The van der Waals surface area contributed by atoms with Crippen LogP contribution in [0, 0.1) is 5.92 Å². The third kappa shape index (κ3) is 4.65. The maximum atomic E-state index is 13.0. The first kappa shape index (κ1) is 20.2. The van der Waals surface area contributed by atoms with E-state index in [4.69, 9.17) is 23.2 Å². The zero-order valence-corrected chi connectivity index (χ0v) is 17.9. The molecular weight excluding hydrogens is 451 g/mol. The lowest BCUT2D eigenvalue weighted by Crippen LogP contribution is -2.46. The zero-order valence-electron chi connectivity index (χ0n) is 14.8. The highest BCUT2D eigenvalue weighted by atomic mass is 79.9. The highest BCUT2D eigenvalue weighted by Gasteiger charge is 2.31. The number of rotatable bonds is 3. The molecule has 2 aromatic carbocycles. The van der Waals surface area contributed by atoms with Gasteiger partial charge in [-0.2, -0.15) is 0 Å². The van der Waals surface area contributed by atoms with Gasteiger partial charge in [-0.05, 0) is 55.3 Å². The summed E-state index contributed by atoms with van der Waals surface area (Å²) in [5.41, 5.74) is 1.24. The number of anilines is 1. The van der Waals surface area contributed by atoms with Crippen molar-refractivity contribution in [3.8, 4) is 0 Å². The summed E-state index contributed by atoms with van der Waals surface area (Å²) < 4.78 is 0.856. The fourth-order valence-electron chi connectivity index (χ4n) is 3.28. The molecule has 2 aromatic rings. The molecule has 1 heterocycles. The predicted molar refractivity (Wildman–Crippen MR) is 113 cm³/mol. The number of likely N-dealkylation sites (tertiary alicyclic amines) is 1. The Balaban J connectivity index is 1.72. The Morgan fingerprint density at radius 1 is 1.15 bits per heavy atom. The molecule has 1 unspecified atom stereocenters. The molecule has 1 atom stereocenters. The number of halogens is 3. The largest absolute Gasteiger partial charge is 0.338 e. The molecule has 142 valence electrons. The molecule has 0 aliphatic carbocycles. The van der Waals surface area contributed by atoms with Gasteiger partial charge in [0, 0.05) is 35.2 Å². The maximum Gasteiger partial charge on any atom is 0.253 e. The van der Waals surface area contributed by atoms with Crippen LogP contribution < -0.4 is 4.90 Å². The van der Waals surface area contributed by atoms with Gasteiger partial charge in [-0.1, -0.05) is 39.1 Å². The molecule has 3 rings (SSSR count). The van der Waals surface area contributed by atoms with Crippen LogP contribution in [0.15, 0.2) is 46.9 Å². The average Bonchev–Trinajstić information content (AvgIpc) is 2.67. The number of piperidine rings is 1. The van der Waals surface area contributed by atoms with Crippen molar-refractivity contribution in [1.29, 1.82) is 0 Å². The van der Waals surface area contributed by atoms with Crippen molar-refractivity contribution in [3.63, 3.8) is 0 Å². The normalized spacial score (nSPS) is 16.9. The Kier molecular flexibility index (Phi) is 6.45. The second-order valence-electron chi connectivity index (χ2n) is 6.59. The highest BCUT2D eigenvalue weighted by Crippen LogP contribution is 2.30. The predicted octanol–water partition coefficient (Wildman–Crippen LogP) is 5.27. The van der Waals surface area contributed by atoms with Crippen LogP contribution in [0.5, 0.6) is 0 Å². The summed E-state index contributed by atoms with van der Waals surface area (Å²) in [6.45, 7) is 1.05. The lowest BCUT2D eigenvalue weighted by molar-refractivity contribution is -0.123. The van der Waals surface area contributed by atoms with E-state index in [2.05, 4.69) is 15.9 Å². The van der Waals surface area contributed by atoms with Crippen molar-refractivity contribution in [2.75, 3.05) is 25.0 Å². The summed E-state index contributed by atoms with van der Waals surface area (Å²) in [4.78, 5) is 29.0. The van der Waals surface area contributed by atoms with Gasteiger partial charge in [-0.25, -0.2) is 0 Å². The number of hydrogen-bond donors (Lipinski definition) is 0. The Labute approximate surface area is 177 Å². The molecule has 0 bridgehead atoms. The Morgan fingerprint density at radius 2 is 1.85 bits per heavy atom. The van der Waals surface area contributed by atoms with E-state index < -0.39 is 0 Å². The molecule has 0 saturated carbocycles. The minimum atomic E-state index is -0.250. The fraction of sp³-hybridized carbons (Fsp3) is 0.300. The summed E-state index contributed by atoms with van der Waals surface area (Å²) in [6, 6.07) is 12.2. The van der Waals surface area contributed by atoms with Gasteiger partial charge in [0.1, 0.15) is 0 Å². The van der Waals surface area contributed by atoms with Crippen molar-refractivity contribution in [2.45, 2.75) is 12.8 Å². The van der Waals surface area contributed by atoms with Crippen LogP contribution in [-0.4, -0.2) is 36.9 Å². The van der Waals surface area contributed by atoms with Crippen LogP contribution in [0.2, 0.25) is 10.0 Å². The number of carbonyl (C=O) groups is 2. The van der Waals surface area contributed by atoms with Crippen molar-refractivity contribution in [1.82, 2.24) is 4.90 Å². The standard InChI is InChI=1S/C20H19BrCl2N2O2/c1-24(18-9-6-15(21)11-17(18)23)19(26)14-3-2-10-25(12-14)20(27)13-4-7-16(22)8-5-13/h4-9,11,14H,2-3,10,12H2,1H3. The van der Waals surface area contributed by atoms with E-state index in [0.29, 0.717) is 34.4 Å². The van der Waals surface area contributed by atoms with Gasteiger partial charge in [0.15, 0.2) is 0 Å². The van der Waals surface area contributed by atoms with Gasteiger partial charge < -0.3 is 9.80 Å². The van der Waals surface area contributed by atoms with E-state index in [0.717, 1.165) is 17.3 Å². The first-order valence-corrected chi connectivity index (χ1v) is 10.2. The van der Waals surface area contributed by atoms with Gasteiger partial charge in [0.2, 0.25) is 5.91 Å². The van der Waals surface area contributed by atoms with Crippen LogP contribution in [0.1, 0.15) is 23.2 Å². The van der Waals surface area contributed by atoms with Gasteiger partial charge in [-0.15, -0.1) is 0 Å². The quantitative estimate of drug-likeness (QED) is 0.614. The molecule has 1 saturated heterocycles. The zero-order chi connectivity index (χ0) is 19.6. The molecular formula is C20H19BrCl2N2O2. The SMILES string of the molecule is CN(C(=O)C1CCCN(C(=O)c2ccc(Cl)cc2)C1)c1ccc(Br)cc1Cl. The molecule has 0 N–H and O–H groups in total. The lowest BCUT2D eigenvalue weighted by Gasteiger charge is -2.34.